The second-order valence-electron chi connectivity index (χ2n) is 5.06. The Morgan fingerprint density at radius 3 is 2.86 bits per heavy atom. The van der Waals surface area contributed by atoms with Crippen LogP contribution in [-0.4, -0.2) is 12.1 Å². The third-order valence-corrected chi connectivity index (χ3v) is 3.62. The molecule has 1 aromatic heterocycles. The molecule has 0 saturated carbocycles. The van der Waals surface area contributed by atoms with Gasteiger partial charge in [-0.15, -0.1) is 0 Å². The van der Waals surface area contributed by atoms with Gasteiger partial charge in [0, 0.05) is 35.4 Å². The minimum Gasteiger partial charge on any atom is -0.496 e. The van der Waals surface area contributed by atoms with E-state index in [9.17, 15) is 0 Å². The number of anilines is 1. The Morgan fingerprint density at radius 1 is 1.14 bits per heavy atom. The first kappa shape index (κ1) is 13.4. The van der Waals surface area contributed by atoms with Crippen LogP contribution in [0.4, 0.5) is 5.69 Å². The summed E-state index contributed by atoms with van der Waals surface area (Å²) in [4.78, 5) is 4.16. The molecule has 0 aliphatic rings. The van der Waals surface area contributed by atoms with E-state index >= 15 is 0 Å². The molecule has 3 nitrogen and oxygen atoms in total. The number of pyridine rings is 1. The average molecular weight is 278 g/mol. The summed E-state index contributed by atoms with van der Waals surface area (Å²) in [5.41, 5.74) is 3.52. The lowest BCUT2D eigenvalue weighted by Crippen LogP contribution is -2.00. The van der Waals surface area contributed by atoms with E-state index in [0.29, 0.717) is 0 Å². The lowest BCUT2D eigenvalue weighted by atomic mass is 10.1. The molecule has 3 heteroatoms. The van der Waals surface area contributed by atoms with Gasteiger partial charge in [0.1, 0.15) is 5.75 Å². The first-order valence-electron chi connectivity index (χ1n) is 6.98. The molecule has 0 saturated heterocycles. The highest BCUT2D eigenvalue weighted by Gasteiger charge is 2.02. The van der Waals surface area contributed by atoms with Gasteiger partial charge in [0.2, 0.25) is 0 Å². The summed E-state index contributed by atoms with van der Waals surface area (Å²) in [5, 5.41) is 5.84. The number of aryl methyl sites for hydroxylation is 1. The number of methoxy groups -OCH3 is 1. The van der Waals surface area contributed by atoms with Gasteiger partial charge in [-0.3, -0.25) is 4.98 Å². The highest BCUT2D eigenvalue weighted by Crippen LogP contribution is 2.24. The second kappa shape index (κ2) is 5.83. The van der Waals surface area contributed by atoms with Gasteiger partial charge < -0.3 is 10.1 Å². The van der Waals surface area contributed by atoms with Crippen LogP contribution in [0.25, 0.3) is 10.8 Å². The zero-order chi connectivity index (χ0) is 14.7. The van der Waals surface area contributed by atoms with Crippen LogP contribution in [-0.2, 0) is 6.54 Å². The SMILES string of the molecule is COc1ccc(CNc2cccc3cnccc23)cc1C. The highest BCUT2D eigenvalue weighted by molar-refractivity contribution is 5.93. The monoisotopic (exact) mass is 278 g/mol. The van der Waals surface area contributed by atoms with E-state index in [1.54, 1.807) is 7.11 Å². The molecule has 0 unspecified atom stereocenters. The first-order valence-corrected chi connectivity index (χ1v) is 6.98. The molecule has 3 aromatic rings. The quantitative estimate of drug-likeness (QED) is 0.778. The van der Waals surface area contributed by atoms with Gasteiger partial charge in [0.05, 0.1) is 7.11 Å². The van der Waals surface area contributed by atoms with E-state index in [-0.39, 0.29) is 0 Å². The molecule has 0 radical (unpaired) electrons. The van der Waals surface area contributed by atoms with Crippen LogP contribution < -0.4 is 10.1 Å². The van der Waals surface area contributed by atoms with Gasteiger partial charge in [0.15, 0.2) is 0 Å². The maximum absolute atomic E-state index is 5.29. The van der Waals surface area contributed by atoms with E-state index < -0.39 is 0 Å². The lowest BCUT2D eigenvalue weighted by molar-refractivity contribution is 0.411. The molecule has 0 aliphatic heterocycles. The lowest BCUT2D eigenvalue weighted by Gasteiger charge is -2.11. The number of fused-ring (bicyclic) bond motifs is 1. The number of benzene rings is 2. The van der Waals surface area contributed by atoms with Crippen LogP contribution in [0.2, 0.25) is 0 Å². The standard InChI is InChI=1S/C18H18N2O/c1-13-10-14(6-7-18(13)21-2)11-20-17-5-3-4-15-12-19-9-8-16(15)17/h3-10,12,20H,11H2,1-2H3. The first-order chi connectivity index (χ1) is 10.3. The third-order valence-electron chi connectivity index (χ3n) is 3.62. The average Bonchev–Trinajstić information content (AvgIpc) is 2.53. The maximum Gasteiger partial charge on any atom is 0.121 e. The van der Waals surface area contributed by atoms with E-state index in [1.807, 2.05) is 30.6 Å². The van der Waals surface area contributed by atoms with E-state index in [2.05, 4.69) is 41.5 Å². The van der Waals surface area contributed by atoms with Gasteiger partial charge in [-0.2, -0.15) is 0 Å². The summed E-state index contributed by atoms with van der Waals surface area (Å²) in [5.74, 6) is 0.926. The Morgan fingerprint density at radius 2 is 2.05 bits per heavy atom. The number of rotatable bonds is 4. The predicted octanol–water partition coefficient (Wildman–Crippen LogP) is 4.16. The fourth-order valence-corrected chi connectivity index (χ4v) is 2.52. The molecule has 0 aliphatic carbocycles. The molecule has 3 rings (SSSR count). The molecular formula is C18H18N2O. The zero-order valence-corrected chi connectivity index (χ0v) is 12.3. The van der Waals surface area contributed by atoms with Crippen molar-refractivity contribution in [3.63, 3.8) is 0 Å². The van der Waals surface area contributed by atoms with Gasteiger partial charge in [0.25, 0.3) is 0 Å². The number of ether oxygens (including phenoxy) is 1. The topological polar surface area (TPSA) is 34.1 Å². The molecule has 0 fully saturated rings. The van der Waals surface area contributed by atoms with E-state index in [4.69, 9.17) is 4.74 Å². The van der Waals surface area contributed by atoms with E-state index in [0.717, 1.165) is 28.9 Å². The van der Waals surface area contributed by atoms with Gasteiger partial charge in [-0.1, -0.05) is 24.3 Å². The van der Waals surface area contributed by atoms with Gasteiger partial charge in [-0.25, -0.2) is 0 Å². The molecule has 0 amide bonds. The normalized spacial score (nSPS) is 10.6. The van der Waals surface area contributed by atoms with Crippen molar-refractivity contribution in [2.75, 3.05) is 12.4 Å². The molecule has 1 heterocycles. The minimum absolute atomic E-state index is 0.784. The molecule has 0 atom stereocenters. The molecule has 0 spiro atoms. The van der Waals surface area contributed by atoms with Crippen LogP contribution in [0.15, 0.2) is 54.9 Å². The number of hydrogen-bond acceptors (Lipinski definition) is 3. The van der Waals surface area contributed by atoms with Crippen LogP contribution in [0.3, 0.4) is 0 Å². The van der Waals surface area contributed by atoms with Gasteiger partial charge >= 0.3 is 0 Å². The predicted molar refractivity (Wildman–Crippen MR) is 86.8 cm³/mol. The van der Waals surface area contributed by atoms with Crippen molar-refractivity contribution < 1.29 is 4.74 Å². The number of hydrogen-bond donors (Lipinski definition) is 1. The highest BCUT2D eigenvalue weighted by atomic mass is 16.5. The van der Waals surface area contributed by atoms with Crippen LogP contribution in [0, 0.1) is 6.92 Å². The summed E-state index contributed by atoms with van der Waals surface area (Å²) in [6.07, 6.45) is 3.71. The Labute approximate surface area is 124 Å². The summed E-state index contributed by atoms with van der Waals surface area (Å²) in [6, 6.07) is 14.5. The van der Waals surface area contributed by atoms with Crippen molar-refractivity contribution in [3.05, 3.63) is 66.0 Å². The molecule has 21 heavy (non-hydrogen) atoms. The molecule has 2 aromatic carbocycles. The fraction of sp³-hybridized carbons (Fsp3) is 0.167. The van der Waals surface area contributed by atoms with Crippen molar-refractivity contribution in [1.82, 2.24) is 4.98 Å². The molecular weight excluding hydrogens is 260 g/mol. The number of nitrogens with one attached hydrogen (secondary N) is 1. The molecule has 0 bridgehead atoms. The summed E-state index contributed by atoms with van der Waals surface area (Å²) in [6.45, 7) is 2.85. The van der Waals surface area contributed by atoms with Crippen LogP contribution >= 0.6 is 0 Å². The number of aromatic nitrogens is 1. The number of nitrogens with zero attached hydrogens (tertiary/aromatic N) is 1. The van der Waals surface area contributed by atoms with E-state index in [1.165, 1.54) is 10.9 Å². The molecule has 106 valence electrons. The smallest absolute Gasteiger partial charge is 0.121 e. The maximum atomic E-state index is 5.29. The fourth-order valence-electron chi connectivity index (χ4n) is 2.52. The third kappa shape index (κ3) is 2.82. The second-order valence-corrected chi connectivity index (χ2v) is 5.06. The van der Waals surface area contributed by atoms with Crippen molar-refractivity contribution in [2.45, 2.75) is 13.5 Å². The minimum atomic E-state index is 0.784. The summed E-state index contributed by atoms with van der Waals surface area (Å²) >= 11 is 0. The largest absolute Gasteiger partial charge is 0.496 e. The Hall–Kier alpha value is -2.55. The Bertz CT molecular complexity index is 763. The summed E-state index contributed by atoms with van der Waals surface area (Å²) in [7, 11) is 1.70. The van der Waals surface area contributed by atoms with Gasteiger partial charge in [-0.05, 0) is 36.2 Å². The summed E-state index contributed by atoms with van der Waals surface area (Å²) < 4.78 is 5.29. The molecule has 1 N–H and O–H groups in total. The van der Waals surface area contributed by atoms with Crippen LogP contribution in [0.5, 0.6) is 5.75 Å². The van der Waals surface area contributed by atoms with Crippen LogP contribution in [0.1, 0.15) is 11.1 Å². The van der Waals surface area contributed by atoms with Crippen molar-refractivity contribution in [2.24, 2.45) is 0 Å². The Kier molecular flexibility index (Phi) is 3.73. The van der Waals surface area contributed by atoms with Crippen molar-refractivity contribution >= 4 is 16.5 Å². The van der Waals surface area contributed by atoms with Crippen molar-refractivity contribution in [3.8, 4) is 5.75 Å². The van der Waals surface area contributed by atoms with Crippen molar-refractivity contribution in [1.29, 1.82) is 0 Å². The zero-order valence-electron chi connectivity index (χ0n) is 12.3. The Balaban J connectivity index is 1.82.